The number of fused-ring (bicyclic) bond motifs is 1. The first-order valence-electron chi connectivity index (χ1n) is 10.4. The largest absolute Gasteiger partial charge is 1.00 e. The minimum absolute atomic E-state index is 0. The number of hydrogen-bond acceptors (Lipinski definition) is 11. The molecule has 1 aliphatic rings. The van der Waals surface area contributed by atoms with E-state index in [-0.39, 0.29) is 69.2 Å². The van der Waals surface area contributed by atoms with Crippen LogP contribution in [0.4, 0.5) is 0 Å². The van der Waals surface area contributed by atoms with Crippen LogP contribution < -0.4 is 26.6 Å². The topological polar surface area (TPSA) is 190 Å². The van der Waals surface area contributed by atoms with E-state index in [9.17, 15) is 35.7 Å². The molecule has 0 bridgehead atoms. The summed E-state index contributed by atoms with van der Waals surface area (Å²) in [4.78, 5) is 0. The molecule has 5 unspecified atom stereocenters. The van der Waals surface area contributed by atoms with Crippen LogP contribution in [0.5, 0.6) is 34.5 Å². The van der Waals surface area contributed by atoms with E-state index < -0.39 is 37.3 Å². The van der Waals surface area contributed by atoms with Gasteiger partial charge in [-0.2, -0.15) is 0 Å². The molecule has 36 heavy (non-hydrogen) atoms. The van der Waals surface area contributed by atoms with E-state index in [1.54, 1.807) is 0 Å². The summed E-state index contributed by atoms with van der Waals surface area (Å²) < 4.78 is 27.5. The molecule has 13 heteroatoms. The zero-order valence-corrected chi connectivity index (χ0v) is 19.8. The van der Waals surface area contributed by atoms with Crippen LogP contribution in [-0.2, 0) is 4.74 Å². The van der Waals surface area contributed by atoms with Crippen molar-refractivity contribution < 1.29 is 71.5 Å². The Kier molecular flexibility index (Phi) is 8.19. The molecule has 1 saturated heterocycles. The van der Waals surface area contributed by atoms with Gasteiger partial charge in [-0.25, -0.2) is 4.42 Å². The normalized spacial score (nSPS) is 23.7. The average molecular weight is 529 g/mol. The number of halogens is 1. The van der Waals surface area contributed by atoms with E-state index in [0.29, 0.717) is 0 Å². The molecule has 0 saturated carbocycles. The summed E-state index contributed by atoms with van der Waals surface area (Å²) >= 11 is 0. The molecule has 2 heterocycles. The first-order chi connectivity index (χ1) is 16.7. The molecular weight excluding hydrogens is 504 g/mol. The van der Waals surface area contributed by atoms with Crippen molar-refractivity contribution >= 4 is 11.0 Å². The van der Waals surface area contributed by atoms with Gasteiger partial charge in [-0.1, -0.05) is 0 Å². The van der Waals surface area contributed by atoms with E-state index in [1.807, 2.05) is 0 Å². The summed E-state index contributed by atoms with van der Waals surface area (Å²) in [7, 11) is 2.66. The van der Waals surface area contributed by atoms with Gasteiger partial charge in [0, 0.05) is 24.3 Å². The standard InChI is InChI=1S/C23H24O12.ClH/c1-31-14-3-9(4-15(32-2)18(14)27)22-16(7-11-12(26)5-10(25)6-13(11)33-22)34-23-21(30)20(29)19(28)17(8-24)35-23;/h3-7,17,19-21,23-24,28-30H,8H2,1-2H3,(H2-,25,26,27);1H. The van der Waals surface area contributed by atoms with Crippen molar-refractivity contribution in [3.05, 3.63) is 30.3 Å². The molecule has 12 nitrogen and oxygen atoms in total. The molecule has 0 radical (unpaired) electrons. The molecule has 1 aliphatic heterocycles. The molecule has 3 aromatic rings. The van der Waals surface area contributed by atoms with Gasteiger partial charge in [0.15, 0.2) is 11.5 Å². The minimum Gasteiger partial charge on any atom is -1.00 e. The smallest absolute Gasteiger partial charge is 0.402 e. The molecule has 5 atom stereocenters. The lowest BCUT2D eigenvalue weighted by molar-refractivity contribution is -0.277. The van der Waals surface area contributed by atoms with Crippen LogP contribution >= 0.6 is 0 Å². The fraction of sp³-hybridized carbons (Fsp3) is 0.348. The van der Waals surface area contributed by atoms with E-state index in [4.69, 9.17) is 23.4 Å². The lowest BCUT2D eigenvalue weighted by atomic mass is 9.99. The van der Waals surface area contributed by atoms with Crippen LogP contribution in [0.1, 0.15) is 0 Å². The van der Waals surface area contributed by atoms with Gasteiger partial charge < -0.3 is 67.1 Å². The molecule has 0 amide bonds. The molecule has 1 aromatic heterocycles. The Labute approximate surface area is 210 Å². The number of rotatable bonds is 6. The summed E-state index contributed by atoms with van der Waals surface area (Å²) in [5, 5.41) is 70.7. The van der Waals surface area contributed by atoms with Crippen molar-refractivity contribution in [3.8, 4) is 45.8 Å². The predicted octanol–water partition coefficient (Wildman–Crippen LogP) is -2.30. The Hall–Kier alpha value is -3.26. The zero-order valence-electron chi connectivity index (χ0n) is 19.0. The third-order valence-corrected chi connectivity index (χ3v) is 5.65. The number of ether oxygens (including phenoxy) is 4. The summed E-state index contributed by atoms with van der Waals surface area (Å²) in [5.74, 6) is -0.928. The monoisotopic (exact) mass is 528 g/mol. The highest BCUT2D eigenvalue weighted by molar-refractivity contribution is 5.88. The third kappa shape index (κ3) is 4.87. The summed E-state index contributed by atoms with van der Waals surface area (Å²) in [5.41, 5.74) is 0.325. The number of methoxy groups -OCH3 is 2. The Morgan fingerprint density at radius 1 is 0.861 bits per heavy atom. The third-order valence-electron chi connectivity index (χ3n) is 5.65. The number of aromatic hydroxyl groups is 3. The van der Waals surface area contributed by atoms with Crippen molar-refractivity contribution in [1.29, 1.82) is 0 Å². The SMILES string of the molecule is COc1cc(-c2[o+]c3cc(O)cc(O)c3cc2OC2OC(CO)C(O)C(O)C2O)cc(OC)c1O.[Cl-]. The summed E-state index contributed by atoms with van der Waals surface area (Å²) in [6, 6.07) is 6.50. The zero-order chi connectivity index (χ0) is 25.4. The second-order valence-corrected chi connectivity index (χ2v) is 7.86. The molecular formula is C23H25ClO12. The maximum Gasteiger partial charge on any atom is 0.402 e. The van der Waals surface area contributed by atoms with Crippen LogP contribution in [-0.4, -0.2) is 87.3 Å². The minimum atomic E-state index is -1.71. The van der Waals surface area contributed by atoms with Crippen LogP contribution in [0.15, 0.2) is 34.7 Å². The molecule has 2 aromatic carbocycles. The quantitative estimate of drug-likeness (QED) is 0.170. The highest BCUT2D eigenvalue weighted by Crippen LogP contribution is 2.45. The predicted molar refractivity (Wildman–Crippen MR) is 119 cm³/mol. The van der Waals surface area contributed by atoms with E-state index in [2.05, 4.69) is 0 Å². The Morgan fingerprint density at radius 2 is 1.50 bits per heavy atom. The van der Waals surface area contributed by atoms with Gasteiger partial charge in [0.05, 0.1) is 32.5 Å². The Bertz CT molecular complexity index is 1210. The lowest BCUT2D eigenvalue weighted by Gasteiger charge is -2.39. The maximum atomic E-state index is 10.4. The first kappa shape index (κ1) is 27.3. The fourth-order valence-electron chi connectivity index (χ4n) is 3.79. The van der Waals surface area contributed by atoms with E-state index in [0.717, 1.165) is 6.07 Å². The van der Waals surface area contributed by atoms with E-state index >= 15 is 0 Å². The Morgan fingerprint density at radius 3 is 2.08 bits per heavy atom. The highest BCUT2D eigenvalue weighted by Gasteiger charge is 2.45. The van der Waals surface area contributed by atoms with Gasteiger partial charge in [-0.3, -0.25) is 0 Å². The van der Waals surface area contributed by atoms with Crippen LogP contribution in [0, 0.1) is 0 Å². The Balaban J connectivity index is 0.00000361. The van der Waals surface area contributed by atoms with Gasteiger partial charge >= 0.3 is 11.3 Å². The summed E-state index contributed by atoms with van der Waals surface area (Å²) in [6.07, 6.45) is -7.77. The number of aliphatic hydroxyl groups excluding tert-OH is 4. The second kappa shape index (κ2) is 10.8. The lowest BCUT2D eigenvalue weighted by Crippen LogP contribution is -3.00. The summed E-state index contributed by atoms with van der Waals surface area (Å²) in [6.45, 7) is -0.661. The number of benzene rings is 2. The fourth-order valence-corrected chi connectivity index (χ4v) is 3.79. The van der Waals surface area contributed by atoms with Crippen molar-refractivity contribution in [2.24, 2.45) is 0 Å². The molecule has 4 rings (SSSR count). The van der Waals surface area contributed by atoms with Crippen molar-refractivity contribution in [1.82, 2.24) is 0 Å². The highest BCUT2D eigenvalue weighted by atomic mass is 35.5. The molecule has 0 spiro atoms. The molecule has 196 valence electrons. The maximum absolute atomic E-state index is 10.4. The van der Waals surface area contributed by atoms with Gasteiger partial charge in [-0.05, 0) is 0 Å². The van der Waals surface area contributed by atoms with E-state index in [1.165, 1.54) is 38.5 Å². The van der Waals surface area contributed by atoms with Gasteiger partial charge in [0.25, 0.3) is 0 Å². The first-order valence-corrected chi connectivity index (χ1v) is 10.4. The number of aliphatic hydroxyl groups is 4. The van der Waals surface area contributed by atoms with Crippen LogP contribution in [0.2, 0.25) is 0 Å². The second-order valence-electron chi connectivity index (χ2n) is 7.86. The molecule has 1 fully saturated rings. The molecule has 7 N–H and O–H groups in total. The van der Waals surface area contributed by atoms with Gasteiger partial charge in [0.1, 0.15) is 41.3 Å². The van der Waals surface area contributed by atoms with Gasteiger partial charge in [-0.15, -0.1) is 0 Å². The van der Waals surface area contributed by atoms with Crippen LogP contribution in [0.25, 0.3) is 22.3 Å². The number of phenols is 3. The average Bonchev–Trinajstić information content (AvgIpc) is 2.84. The van der Waals surface area contributed by atoms with Gasteiger partial charge in [0.2, 0.25) is 17.8 Å². The number of phenolic OH excluding ortho intramolecular Hbond substituents is 3. The van der Waals surface area contributed by atoms with Crippen molar-refractivity contribution in [2.75, 3.05) is 20.8 Å². The van der Waals surface area contributed by atoms with Crippen molar-refractivity contribution in [3.63, 3.8) is 0 Å². The molecule has 0 aliphatic carbocycles. The van der Waals surface area contributed by atoms with Crippen LogP contribution in [0.3, 0.4) is 0 Å². The van der Waals surface area contributed by atoms with Crippen molar-refractivity contribution in [2.45, 2.75) is 30.7 Å². The number of hydrogen-bond donors (Lipinski definition) is 7.